The molecule has 0 fully saturated rings. The zero-order valence-electron chi connectivity index (χ0n) is 9.59. The maximum Gasteiger partial charge on any atom is 0.100 e. The summed E-state index contributed by atoms with van der Waals surface area (Å²) >= 11 is 1.61. The molecule has 1 rings (SSSR count). The van der Waals surface area contributed by atoms with E-state index in [0.717, 1.165) is 16.1 Å². The van der Waals surface area contributed by atoms with Crippen molar-refractivity contribution < 1.29 is 0 Å². The number of nitrogens with zero attached hydrogens (tertiary/aromatic N) is 1. The molecule has 80 valence electrons. The average molecular weight is 220 g/mol. The molecule has 0 aliphatic rings. The Labute approximate surface area is 95.7 Å². The van der Waals surface area contributed by atoms with E-state index in [4.69, 9.17) is 5.26 Å². The third-order valence-electron chi connectivity index (χ3n) is 2.37. The first kappa shape index (κ1) is 11.9. The molecule has 0 spiro atoms. The minimum atomic E-state index is 0.445. The Kier molecular flexibility index (Phi) is 4.05. The van der Waals surface area contributed by atoms with Gasteiger partial charge in [0.15, 0.2) is 0 Å². The standard InChI is InChI=1S/C12H16N2S/c1-8(2)9-5-10(7-13)12(15-4)11(6-9)14-3/h5-6,8,14H,1-4H3. The number of hydrogen-bond donors (Lipinski definition) is 1. The van der Waals surface area contributed by atoms with E-state index in [-0.39, 0.29) is 0 Å². The SMILES string of the molecule is CNc1cc(C(C)C)cc(C#N)c1SC. The van der Waals surface area contributed by atoms with Gasteiger partial charge < -0.3 is 5.32 Å². The summed E-state index contributed by atoms with van der Waals surface area (Å²) in [6, 6.07) is 6.36. The van der Waals surface area contributed by atoms with Gasteiger partial charge in [-0.05, 0) is 29.9 Å². The lowest BCUT2D eigenvalue weighted by molar-refractivity contribution is 0.864. The maximum atomic E-state index is 9.08. The first-order valence-electron chi connectivity index (χ1n) is 4.93. The van der Waals surface area contributed by atoms with E-state index < -0.39 is 0 Å². The molecule has 3 heteroatoms. The third-order valence-corrected chi connectivity index (χ3v) is 3.22. The molecule has 0 saturated carbocycles. The highest BCUT2D eigenvalue weighted by molar-refractivity contribution is 7.98. The highest BCUT2D eigenvalue weighted by Crippen LogP contribution is 2.32. The lowest BCUT2D eigenvalue weighted by atomic mass is 10.00. The van der Waals surface area contributed by atoms with Crippen molar-refractivity contribution >= 4 is 17.4 Å². The van der Waals surface area contributed by atoms with Crippen molar-refractivity contribution in [1.82, 2.24) is 0 Å². The van der Waals surface area contributed by atoms with Crippen LogP contribution in [-0.2, 0) is 0 Å². The average Bonchev–Trinajstić information content (AvgIpc) is 2.26. The summed E-state index contributed by atoms with van der Waals surface area (Å²) < 4.78 is 0. The molecule has 1 N–H and O–H groups in total. The van der Waals surface area contributed by atoms with Crippen LogP contribution in [0.1, 0.15) is 30.9 Å². The fraction of sp³-hybridized carbons (Fsp3) is 0.417. The predicted octanol–water partition coefficient (Wildman–Crippen LogP) is 3.45. The van der Waals surface area contributed by atoms with Gasteiger partial charge in [0.25, 0.3) is 0 Å². The van der Waals surface area contributed by atoms with Crippen molar-refractivity contribution in [2.75, 3.05) is 18.6 Å². The first-order chi connectivity index (χ1) is 7.13. The molecular weight excluding hydrogens is 204 g/mol. The Bertz CT molecular complexity index is 391. The van der Waals surface area contributed by atoms with Crippen molar-refractivity contribution in [2.45, 2.75) is 24.7 Å². The normalized spacial score (nSPS) is 10.1. The summed E-state index contributed by atoms with van der Waals surface area (Å²) in [5, 5.41) is 12.2. The summed E-state index contributed by atoms with van der Waals surface area (Å²) in [6.45, 7) is 4.27. The van der Waals surface area contributed by atoms with Crippen LogP contribution in [0, 0.1) is 11.3 Å². The molecule has 1 aromatic rings. The van der Waals surface area contributed by atoms with Crippen LogP contribution in [0.25, 0.3) is 0 Å². The van der Waals surface area contributed by atoms with Gasteiger partial charge in [-0.2, -0.15) is 5.26 Å². The van der Waals surface area contributed by atoms with Gasteiger partial charge in [-0.3, -0.25) is 0 Å². The second-order valence-corrected chi connectivity index (χ2v) is 4.48. The molecule has 0 bridgehead atoms. The molecule has 0 aromatic heterocycles. The second-order valence-electron chi connectivity index (χ2n) is 3.67. The minimum Gasteiger partial charge on any atom is -0.387 e. The summed E-state index contributed by atoms with van der Waals surface area (Å²) in [5.74, 6) is 0.445. The van der Waals surface area contributed by atoms with E-state index in [0.29, 0.717) is 5.92 Å². The smallest absolute Gasteiger partial charge is 0.100 e. The Hall–Kier alpha value is -1.14. The maximum absolute atomic E-state index is 9.08. The number of thioether (sulfide) groups is 1. The van der Waals surface area contributed by atoms with E-state index in [2.05, 4.69) is 31.3 Å². The monoisotopic (exact) mass is 220 g/mol. The van der Waals surface area contributed by atoms with Crippen LogP contribution >= 0.6 is 11.8 Å². The topological polar surface area (TPSA) is 35.8 Å². The van der Waals surface area contributed by atoms with Crippen molar-refractivity contribution in [1.29, 1.82) is 5.26 Å². The van der Waals surface area contributed by atoms with Gasteiger partial charge in [0.1, 0.15) is 6.07 Å². The fourth-order valence-corrected chi connectivity index (χ4v) is 2.18. The second kappa shape index (κ2) is 5.09. The summed E-state index contributed by atoms with van der Waals surface area (Å²) in [6.07, 6.45) is 1.99. The molecule has 0 amide bonds. The summed E-state index contributed by atoms with van der Waals surface area (Å²) in [7, 11) is 1.89. The third kappa shape index (κ3) is 2.45. The van der Waals surface area contributed by atoms with E-state index in [9.17, 15) is 0 Å². The van der Waals surface area contributed by atoms with Crippen LogP contribution in [0.2, 0.25) is 0 Å². The molecule has 0 unspecified atom stereocenters. The van der Waals surface area contributed by atoms with E-state index >= 15 is 0 Å². The largest absolute Gasteiger partial charge is 0.387 e. The molecule has 0 aliphatic carbocycles. The first-order valence-corrected chi connectivity index (χ1v) is 6.16. The Morgan fingerprint density at radius 3 is 2.47 bits per heavy atom. The number of nitrogens with one attached hydrogen (secondary N) is 1. The van der Waals surface area contributed by atoms with Crippen LogP contribution < -0.4 is 5.32 Å². The zero-order valence-corrected chi connectivity index (χ0v) is 10.4. The molecule has 0 heterocycles. The van der Waals surface area contributed by atoms with Crippen LogP contribution in [0.5, 0.6) is 0 Å². The number of anilines is 1. The van der Waals surface area contributed by atoms with Gasteiger partial charge in [0, 0.05) is 17.6 Å². The van der Waals surface area contributed by atoms with Crippen LogP contribution in [0.15, 0.2) is 17.0 Å². The number of benzene rings is 1. The van der Waals surface area contributed by atoms with Crippen LogP contribution in [0.4, 0.5) is 5.69 Å². The number of hydrogen-bond acceptors (Lipinski definition) is 3. The fourth-order valence-electron chi connectivity index (χ4n) is 1.47. The van der Waals surface area contributed by atoms with E-state index in [1.165, 1.54) is 5.56 Å². The molecule has 0 aliphatic heterocycles. The number of rotatable bonds is 3. The Balaban J connectivity index is 3.37. The molecule has 0 radical (unpaired) electrons. The minimum absolute atomic E-state index is 0.445. The van der Waals surface area contributed by atoms with Crippen molar-refractivity contribution in [2.24, 2.45) is 0 Å². The van der Waals surface area contributed by atoms with Gasteiger partial charge in [-0.1, -0.05) is 13.8 Å². The molecule has 0 atom stereocenters. The van der Waals surface area contributed by atoms with Gasteiger partial charge >= 0.3 is 0 Å². The highest BCUT2D eigenvalue weighted by Gasteiger charge is 2.10. The van der Waals surface area contributed by atoms with Gasteiger partial charge in [0.2, 0.25) is 0 Å². The summed E-state index contributed by atoms with van der Waals surface area (Å²) in [5.41, 5.74) is 3.01. The Morgan fingerprint density at radius 1 is 1.40 bits per heavy atom. The van der Waals surface area contributed by atoms with E-state index in [1.54, 1.807) is 11.8 Å². The lowest BCUT2D eigenvalue weighted by Gasteiger charge is -2.13. The molecule has 1 aromatic carbocycles. The van der Waals surface area contributed by atoms with Gasteiger partial charge in [-0.25, -0.2) is 0 Å². The van der Waals surface area contributed by atoms with Crippen molar-refractivity contribution in [3.05, 3.63) is 23.3 Å². The lowest BCUT2D eigenvalue weighted by Crippen LogP contribution is -1.97. The quantitative estimate of drug-likeness (QED) is 0.793. The molecule has 2 nitrogen and oxygen atoms in total. The van der Waals surface area contributed by atoms with Crippen molar-refractivity contribution in [3.63, 3.8) is 0 Å². The Morgan fingerprint density at radius 2 is 2.07 bits per heavy atom. The summed E-state index contributed by atoms with van der Waals surface area (Å²) in [4.78, 5) is 1.03. The number of nitriles is 1. The van der Waals surface area contributed by atoms with E-state index in [1.807, 2.05) is 19.4 Å². The highest BCUT2D eigenvalue weighted by atomic mass is 32.2. The van der Waals surface area contributed by atoms with Crippen LogP contribution in [0.3, 0.4) is 0 Å². The van der Waals surface area contributed by atoms with Gasteiger partial charge in [0.05, 0.1) is 5.56 Å². The predicted molar refractivity (Wildman–Crippen MR) is 66.6 cm³/mol. The molecule has 15 heavy (non-hydrogen) atoms. The molecular formula is C12H16N2S. The molecule has 0 saturated heterocycles. The van der Waals surface area contributed by atoms with Gasteiger partial charge in [-0.15, -0.1) is 11.8 Å². The zero-order chi connectivity index (χ0) is 11.4. The van der Waals surface area contributed by atoms with Crippen LogP contribution in [-0.4, -0.2) is 13.3 Å². The van der Waals surface area contributed by atoms with Crippen molar-refractivity contribution in [3.8, 4) is 6.07 Å².